The first kappa shape index (κ1) is 20.7. The van der Waals surface area contributed by atoms with E-state index in [9.17, 15) is 4.79 Å². The third kappa shape index (κ3) is 5.14. The van der Waals surface area contributed by atoms with E-state index >= 15 is 0 Å². The van der Waals surface area contributed by atoms with Crippen LogP contribution in [0.4, 0.5) is 5.00 Å². The summed E-state index contributed by atoms with van der Waals surface area (Å²) in [4.78, 5) is 21.3. The van der Waals surface area contributed by atoms with Crippen molar-refractivity contribution in [1.29, 1.82) is 0 Å². The quantitative estimate of drug-likeness (QED) is 0.424. The number of nitrogens with one attached hydrogen (secondary N) is 2. The highest BCUT2D eigenvalue weighted by molar-refractivity contribution is 7.14. The van der Waals surface area contributed by atoms with Crippen molar-refractivity contribution in [1.82, 2.24) is 15.5 Å². The Balaban J connectivity index is 1.13. The Kier molecular flexibility index (Phi) is 6.89. The molecule has 1 aromatic heterocycles. The van der Waals surface area contributed by atoms with E-state index < -0.39 is 0 Å². The Morgan fingerprint density at radius 1 is 1.13 bits per heavy atom. The number of thiophene rings is 1. The summed E-state index contributed by atoms with van der Waals surface area (Å²) in [6.07, 6.45) is 3.58. The molecule has 0 radical (unpaired) electrons. The zero-order chi connectivity index (χ0) is 20.8. The van der Waals surface area contributed by atoms with Gasteiger partial charge in [-0.1, -0.05) is 24.3 Å². The Morgan fingerprint density at radius 3 is 2.50 bits per heavy atom. The minimum atomic E-state index is 0.233. The molecule has 3 heterocycles. The monoisotopic (exact) mass is 425 g/mol. The number of fused-ring (bicyclic) bond motifs is 1. The predicted molar refractivity (Wildman–Crippen MR) is 124 cm³/mol. The number of benzene rings is 1. The highest BCUT2D eigenvalue weighted by Crippen LogP contribution is 2.25. The van der Waals surface area contributed by atoms with E-state index in [1.165, 1.54) is 16.1 Å². The number of hydrogen-bond acceptors (Lipinski definition) is 4. The average Bonchev–Trinajstić information content (AvgIpc) is 3.46. The van der Waals surface area contributed by atoms with Crippen LogP contribution in [0.25, 0.3) is 0 Å². The fraction of sp³-hybridized carbons (Fsp3) is 0.478. The van der Waals surface area contributed by atoms with Gasteiger partial charge in [-0.15, -0.1) is 11.3 Å². The minimum Gasteiger partial charge on any atom is -0.363 e. The molecule has 1 aromatic carbocycles. The number of rotatable bonds is 6. The molecule has 4 rings (SSSR count). The van der Waals surface area contributed by atoms with E-state index in [0.717, 1.165) is 57.9 Å². The molecule has 0 saturated carbocycles. The summed E-state index contributed by atoms with van der Waals surface area (Å²) in [6.45, 7) is 4.38. The maximum atomic E-state index is 12.5. The van der Waals surface area contributed by atoms with Crippen LogP contribution in [-0.4, -0.2) is 49.5 Å². The molecule has 2 aliphatic heterocycles. The molecule has 0 spiro atoms. The number of carbonyl (C=O) groups excluding carboxylic acids is 1. The number of amides is 1. The Bertz CT molecular complexity index is 833. The molecule has 30 heavy (non-hydrogen) atoms. The number of aliphatic imine (C=N–C) groups is 1. The molecular weight excluding hydrogens is 394 g/mol. The second-order valence-corrected chi connectivity index (χ2v) is 8.90. The van der Waals surface area contributed by atoms with Crippen LogP contribution in [0.15, 0.2) is 46.8 Å². The van der Waals surface area contributed by atoms with Crippen LogP contribution < -0.4 is 15.5 Å². The zero-order valence-corrected chi connectivity index (χ0v) is 18.5. The van der Waals surface area contributed by atoms with Crippen molar-refractivity contribution in [3.63, 3.8) is 0 Å². The summed E-state index contributed by atoms with van der Waals surface area (Å²) in [6, 6.07) is 13.1. The van der Waals surface area contributed by atoms with Gasteiger partial charge in [0.05, 0.1) is 5.00 Å². The summed E-state index contributed by atoms with van der Waals surface area (Å²) in [5.41, 5.74) is 2.55. The predicted octanol–water partition coefficient (Wildman–Crippen LogP) is 3.20. The van der Waals surface area contributed by atoms with E-state index in [-0.39, 0.29) is 5.91 Å². The van der Waals surface area contributed by atoms with Gasteiger partial charge < -0.3 is 20.4 Å². The first-order valence-corrected chi connectivity index (χ1v) is 11.7. The van der Waals surface area contributed by atoms with E-state index in [2.05, 4.69) is 50.2 Å². The molecule has 7 heteroatoms. The molecular formula is C23H31N5OS. The van der Waals surface area contributed by atoms with Gasteiger partial charge in [0.25, 0.3) is 0 Å². The first-order chi connectivity index (χ1) is 14.7. The zero-order valence-electron chi connectivity index (χ0n) is 17.6. The third-order valence-electron chi connectivity index (χ3n) is 5.93. The van der Waals surface area contributed by atoms with Crippen molar-refractivity contribution in [2.24, 2.45) is 4.99 Å². The third-order valence-corrected chi connectivity index (χ3v) is 6.86. The Hall–Kier alpha value is -2.54. The smallest absolute Gasteiger partial charge is 0.223 e. The summed E-state index contributed by atoms with van der Waals surface area (Å²) in [5.74, 6) is 1.07. The summed E-state index contributed by atoms with van der Waals surface area (Å²) < 4.78 is 0. The summed E-state index contributed by atoms with van der Waals surface area (Å²) >= 11 is 1.81. The molecule has 0 bridgehead atoms. The number of nitrogens with zero attached hydrogens (tertiary/aromatic N) is 3. The van der Waals surface area contributed by atoms with Gasteiger partial charge >= 0.3 is 0 Å². The molecule has 1 fully saturated rings. The van der Waals surface area contributed by atoms with Crippen molar-refractivity contribution in [2.45, 2.75) is 44.8 Å². The first-order valence-electron chi connectivity index (χ1n) is 10.8. The van der Waals surface area contributed by atoms with Gasteiger partial charge in [0.1, 0.15) is 0 Å². The number of anilines is 1. The lowest BCUT2D eigenvalue weighted by Crippen LogP contribution is -2.48. The van der Waals surface area contributed by atoms with Crippen molar-refractivity contribution >= 4 is 28.2 Å². The van der Waals surface area contributed by atoms with Gasteiger partial charge in [0.2, 0.25) is 5.91 Å². The Morgan fingerprint density at radius 2 is 1.87 bits per heavy atom. The number of piperidine rings is 1. The lowest BCUT2D eigenvalue weighted by molar-refractivity contribution is -0.131. The molecule has 2 aliphatic rings. The molecule has 2 N–H and O–H groups in total. The van der Waals surface area contributed by atoms with Crippen LogP contribution in [-0.2, 0) is 17.9 Å². The van der Waals surface area contributed by atoms with Crippen molar-refractivity contribution in [2.75, 3.05) is 31.6 Å². The standard InChI is InChI=1S/C23H31N5OS/c1-24-23(26-20-10-13-27(14-11-20)22-9-5-15-30-22)25-12-4-8-21(29)28-16-18-6-2-3-7-19(18)17-28/h2-3,5-7,9,15,20H,4,8,10-14,16-17H2,1H3,(H2,24,25,26). The summed E-state index contributed by atoms with van der Waals surface area (Å²) in [5, 5.41) is 10.4. The Labute approximate surface area is 183 Å². The normalized spacial score (nSPS) is 17.2. The van der Waals surface area contributed by atoms with Crippen molar-refractivity contribution in [3.05, 3.63) is 52.9 Å². The van der Waals surface area contributed by atoms with Gasteiger partial charge in [-0.2, -0.15) is 0 Å². The number of carbonyl (C=O) groups is 1. The second-order valence-electron chi connectivity index (χ2n) is 7.98. The van der Waals surface area contributed by atoms with Gasteiger partial charge in [-0.05, 0) is 47.9 Å². The van der Waals surface area contributed by atoms with Gasteiger partial charge in [-0.3, -0.25) is 9.79 Å². The van der Waals surface area contributed by atoms with Crippen LogP contribution in [0.1, 0.15) is 36.8 Å². The molecule has 0 atom stereocenters. The maximum Gasteiger partial charge on any atom is 0.223 e. The van der Waals surface area contributed by atoms with Crippen molar-refractivity contribution < 1.29 is 4.79 Å². The van der Waals surface area contributed by atoms with Crippen molar-refractivity contribution in [3.8, 4) is 0 Å². The molecule has 1 saturated heterocycles. The van der Waals surface area contributed by atoms with Gasteiger partial charge in [0.15, 0.2) is 5.96 Å². The van der Waals surface area contributed by atoms with Crippen LogP contribution in [0, 0.1) is 0 Å². The SMILES string of the molecule is CN=C(NCCCC(=O)N1Cc2ccccc2C1)NC1CCN(c2cccs2)CC1. The molecule has 6 nitrogen and oxygen atoms in total. The van der Waals surface area contributed by atoms with Gasteiger partial charge in [0, 0.05) is 52.2 Å². The van der Waals surface area contributed by atoms with Crippen LogP contribution in [0.3, 0.4) is 0 Å². The molecule has 1 amide bonds. The van der Waals surface area contributed by atoms with Gasteiger partial charge in [-0.25, -0.2) is 0 Å². The van der Waals surface area contributed by atoms with Crippen LogP contribution in [0.2, 0.25) is 0 Å². The fourth-order valence-electron chi connectivity index (χ4n) is 4.20. The molecule has 0 aliphatic carbocycles. The largest absolute Gasteiger partial charge is 0.363 e. The van der Waals surface area contributed by atoms with Crippen LogP contribution in [0.5, 0.6) is 0 Å². The summed E-state index contributed by atoms with van der Waals surface area (Å²) in [7, 11) is 1.81. The second kappa shape index (κ2) is 9.98. The van der Waals surface area contributed by atoms with E-state index in [0.29, 0.717) is 12.5 Å². The lowest BCUT2D eigenvalue weighted by atomic mass is 10.1. The number of guanidine groups is 1. The molecule has 160 valence electrons. The molecule has 0 unspecified atom stereocenters. The van der Waals surface area contributed by atoms with Crippen LogP contribution >= 0.6 is 11.3 Å². The van der Waals surface area contributed by atoms with E-state index in [4.69, 9.17) is 0 Å². The highest BCUT2D eigenvalue weighted by atomic mass is 32.1. The highest BCUT2D eigenvalue weighted by Gasteiger charge is 2.23. The lowest BCUT2D eigenvalue weighted by Gasteiger charge is -2.33. The maximum absolute atomic E-state index is 12.5. The minimum absolute atomic E-state index is 0.233. The van der Waals surface area contributed by atoms with E-state index in [1.807, 2.05) is 35.4 Å². The fourth-order valence-corrected chi connectivity index (χ4v) is 4.98. The molecule has 2 aromatic rings. The topological polar surface area (TPSA) is 60.0 Å². The average molecular weight is 426 g/mol. The van der Waals surface area contributed by atoms with E-state index in [1.54, 1.807) is 0 Å². The number of hydrogen-bond donors (Lipinski definition) is 2.